The van der Waals surface area contributed by atoms with E-state index in [1.165, 1.54) is 13.8 Å². The number of hydrogen-bond acceptors (Lipinski definition) is 16. The first-order chi connectivity index (χ1) is 34.7. The average Bonchev–Trinajstić information content (AvgIpc) is 3.36. The smallest absolute Gasteiger partial charge is 0.302 e. The van der Waals surface area contributed by atoms with Gasteiger partial charge in [-0.2, -0.15) is 5.26 Å². The fourth-order valence-electron chi connectivity index (χ4n) is 8.64. The molecule has 1 unspecified atom stereocenters. The van der Waals surface area contributed by atoms with Crippen LogP contribution in [0, 0.1) is 23.2 Å². The lowest BCUT2D eigenvalue weighted by Gasteiger charge is -2.44. The first kappa shape index (κ1) is 60.0. The number of nitrogens with zero attached hydrogens (tertiary/aromatic N) is 2. The molecule has 1 saturated heterocycles. The molecule has 7 atom stereocenters. The number of Topliss-reactive ketones (excluding diaryl/α,β-unsaturated/α-hetero) is 1. The number of ketones is 1. The van der Waals surface area contributed by atoms with Gasteiger partial charge in [-0.3, -0.25) is 14.4 Å². The Bertz CT molecular complexity index is 2020. The summed E-state index contributed by atoms with van der Waals surface area (Å²) in [5.74, 6) is -0.0945. The van der Waals surface area contributed by atoms with Crippen molar-refractivity contribution in [3.05, 3.63) is 95.6 Å². The van der Waals surface area contributed by atoms with Gasteiger partial charge in [-0.25, -0.2) is 4.67 Å². The highest BCUT2D eigenvalue weighted by Gasteiger charge is 2.46. The van der Waals surface area contributed by atoms with Gasteiger partial charge >= 0.3 is 5.97 Å². The molecule has 0 spiro atoms. The van der Waals surface area contributed by atoms with Gasteiger partial charge in [0.25, 0.3) is 8.53 Å². The second-order valence-electron chi connectivity index (χ2n) is 18.0. The van der Waals surface area contributed by atoms with Crippen LogP contribution >= 0.6 is 8.53 Å². The fraction of sp³-hybridized carbons (Fsp3) is 0.593. The maximum Gasteiger partial charge on any atom is 0.302 e. The van der Waals surface area contributed by atoms with Crippen LogP contribution in [0.5, 0.6) is 11.5 Å². The topological polar surface area (TPSA) is 192 Å². The predicted molar refractivity (Wildman–Crippen MR) is 272 cm³/mol. The summed E-state index contributed by atoms with van der Waals surface area (Å²) in [4.78, 5) is 37.8. The lowest BCUT2D eigenvalue weighted by atomic mass is 9.79. The number of nitriles is 1. The molecule has 398 valence electrons. The number of benzene rings is 3. The standard InChI is InChI=1S/C54H78N3O14P/c1-11-50-40(6)52(70-42(8)59)51(56-41(7)58)53(71-50)66-33-32-64-29-28-63-30-31-65-37-47(60)34-43(36-69-72(68-27-15-26-55)57(38(2)3)39(4)5)35-67-54(44-16-13-12-14-17-44,45-18-22-48(61-9)23-19-45)46-20-24-49(62-10)25-21-46/h12-14,16-25,38-40,43,50-53H,11,15,27-37H2,1-10H3,(H,56,58)/t40-,43-,50+,51+,52-,53+,72?/m0/s1. The predicted octanol–water partition coefficient (Wildman–Crippen LogP) is 8.15. The van der Waals surface area contributed by atoms with Crippen molar-refractivity contribution >= 4 is 26.2 Å². The Hall–Kier alpha value is -4.57. The molecule has 1 aliphatic heterocycles. The lowest BCUT2D eigenvalue weighted by molar-refractivity contribution is -0.255. The minimum atomic E-state index is -1.61. The molecular formula is C54H78N3O14P. The van der Waals surface area contributed by atoms with Gasteiger partial charge in [-0.1, -0.05) is 68.4 Å². The third kappa shape index (κ3) is 18.4. The molecule has 0 bridgehead atoms. The summed E-state index contributed by atoms with van der Waals surface area (Å²) in [6.45, 7) is 16.6. The minimum absolute atomic E-state index is 0.0791. The van der Waals surface area contributed by atoms with Crippen LogP contribution in [0.4, 0.5) is 0 Å². The highest BCUT2D eigenvalue weighted by Crippen LogP contribution is 2.47. The molecule has 0 saturated carbocycles. The van der Waals surface area contributed by atoms with E-state index in [0.29, 0.717) is 17.9 Å². The summed E-state index contributed by atoms with van der Waals surface area (Å²) >= 11 is 0. The molecule has 0 radical (unpaired) electrons. The Balaban J connectivity index is 1.40. The third-order valence-electron chi connectivity index (χ3n) is 12.0. The van der Waals surface area contributed by atoms with Gasteiger partial charge < -0.3 is 57.0 Å². The molecule has 1 amide bonds. The molecule has 1 N–H and O–H groups in total. The summed E-state index contributed by atoms with van der Waals surface area (Å²) in [5.41, 5.74) is 1.45. The SMILES string of the molecule is CC[C@H]1O[C@@H](OCCOCCOCCOCC(=O)C[C@H](COP(OCCC#N)N(C(C)C)C(C)C)COC(c2ccccc2)(c2ccc(OC)cc2)c2ccc(OC)cc2)[C@H](NC(C)=O)[C@@H](OC(C)=O)[C@H]1C. The number of rotatable bonds is 34. The van der Waals surface area contributed by atoms with E-state index in [9.17, 15) is 19.6 Å². The van der Waals surface area contributed by atoms with Crippen molar-refractivity contribution in [2.45, 2.75) is 117 Å². The van der Waals surface area contributed by atoms with Crippen molar-refractivity contribution in [2.24, 2.45) is 11.8 Å². The third-order valence-corrected chi connectivity index (χ3v) is 14.0. The Kier molecular flexibility index (Phi) is 26.6. The molecule has 1 heterocycles. The molecule has 72 heavy (non-hydrogen) atoms. The van der Waals surface area contributed by atoms with Gasteiger partial charge in [0.15, 0.2) is 12.1 Å². The quantitative estimate of drug-likeness (QED) is 0.0261. The van der Waals surface area contributed by atoms with Gasteiger partial charge in [0, 0.05) is 44.2 Å². The van der Waals surface area contributed by atoms with Gasteiger partial charge in [-0.05, 0) is 75.1 Å². The van der Waals surface area contributed by atoms with E-state index in [0.717, 1.165) is 16.7 Å². The van der Waals surface area contributed by atoms with Crippen LogP contribution in [0.3, 0.4) is 0 Å². The highest BCUT2D eigenvalue weighted by molar-refractivity contribution is 7.44. The molecule has 18 heteroatoms. The van der Waals surface area contributed by atoms with Gasteiger partial charge in [-0.15, -0.1) is 0 Å². The van der Waals surface area contributed by atoms with Gasteiger partial charge in [0.1, 0.15) is 35.9 Å². The van der Waals surface area contributed by atoms with E-state index < -0.39 is 44.5 Å². The van der Waals surface area contributed by atoms with Crippen LogP contribution in [0.1, 0.15) is 91.3 Å². The number of carbonyl (C=O) groups is 3. The summed E-state index contributed by atoms with van der Waals surface area (Å²) < 4.78 is 68.4. The zero-order valence-electron chi connectivity index (χ0n) is 43.9. The largest absolute Gasteiger partial charge is 0.497 e. The van der Waals surface area contributed by atoms with E-state index in [1.807, 2.05) is 92.7 Å². The van der Waals surface area contributed by atoms with Crippen LogP contribution in [0.25, 0.3) is 0 Å². The fourth-order valence-corrected chi connectivity index (χ4v) is 10.3. The average molecular weight is 1020 g/mol. The van der Waals surface area contributed by atoms with Crippen molar-refractivity contribution in [3.63, 3.8) is 0 Å². The lowest BCUT2D eigenvalue weighted by Crippen LogP contribution is -2.62. The Morgan fingerprint density at radius 2 is 1.32 bits per heavy atom. The maximum atomic E-state index is 13.8. The van der Waals surface area contributed by atoms with E-state index in [-0.39, 0.29) is 115 Å². The molecular weight excluding hydrogens is 946 g/mol. The van der Waals surface area contributed by atoms with Crippen molar-refractivity contribution in [1.82, 2.24) is 9.99 Å². The summed E-state index contributed by atoms with van der Waals surface area (Å²) in [7, 11) is 1.64. The van der Waals surface area contributed by atoms with Crippen molar-refractivity contribution < 1.29 is 66.1 Å². The second kappa shape index (κ2) is 31.9. The Morgan fingerprint density at radius 1 is 0.764 bits per heavy atom. The Labute approximate surface area is 428 Å². The normalized spacial score (nSPS) is 18.9. The van der Waals surface area contributed by atoms with E-state index in [4.69, 9.17) is 51.7 Å². The minimum Gasteiger partial charge on any atom is -0.497 e. The van der Waals surface area contributed by atoms with Crippen LogP contribution in [0.2, 0.25) is 0 Å². The molecule has 17 nitrogen and oxygen atoms in total. The Morgan fingerprint density at radius 3 is 1.83 bits per heavy atom. The highest BCUT2D eigenvalue weighted by atomic mass is 31.2. The molecule has 4 rings (SSSR count). The van der Waals surface area contributed by atoms with Crippen LogP contribution in [0.15, 0.2) is 78.9 Å². The van der Waals surface area contributed by atoms with Crippen molar-refractivity contribution in [1.29, 1.82) is 5.26 Å². The maximum absolute atomic E-state index is 13.8. The van der Waals surface area contributed by atoms with Gasteiger partial charge in [0.05, 0.1) is 92.3 Å². The first-order valence-corrected chi connectivity index (χ1v) is 26.0. The zero-order valence-corrected chi connectivity index (χ0v) is 44.8. The van der Waals surface area contributed by atoms with Crippen molar-refractivity contribution in [3.8, 4) is 17.6 Å². The second-order valence-corrected chi connectivity index (χ2v) is 19.5. The molecule has 0 aliphatic carbocycles. The number of hydrogen-bond donors (Lipinski definition) is 1. The van der Waals surface area contributed by atoms with Crippen LogP contribution in [-0.4, -0.2) is 139 Å². The first-order valence-electron chi connectivity index (χ1n) is 24.8. The van der Waals surface area contributed by atoms with Gasteiger partial charge in [0.2, 0.25) is 5.91 Å². The van der Waals surface area contributed by atoms with E-state index in [2.05, 4.69) is 43.8 Å². The molecule has 1 fully saturated rings. The summed E-state index contributed by atoms with van der Waals surface area (Å²) in [6, 6.07) is 27.1. The number of esters is 1. The number of carbonyl (C=O) groups excluding carboxylic acids is 3. The number of amides is 1. The monoisotopic (exact) mass is 1020 g/mol. The zero-order chi connectivity index (χ0) is 52.5. The van der Waals surface area contributed by atoms with E-state index in [1.54, 1.807) is 14.2 Å². The number of methoxy groups -OCH3 is 2. The molecule has 1 aliphatic rings. The summed E-state index contributed by atoms with van der Waals surface area (Å²) in [5, 5.41) is 12.2. The molecule has 3 aromatic carbocycles. The van der Waals surface area contributed by atoms with Crippen LogP contribution < -0.4 is 14.8 Å². The van der Waals surface area contributed by atoms with Crippen molar-refractivity contribution in [2.75, 3.05) is 80.3 Å². The number of ether oxygens (including phenoxy) is 9. The summed E-state index contributed by atoms with van der Waals surface area (Å²) in [6.07, 6.45) is -0.705. The number of nitrogens with one attached hydrogen (secondary N) is 1. The molecule has 3 aromatic rings. The molecule has 0 aromatic heterocycles. The van der Waals surface area contributed by atoms with E-state index >= 15 is 0 Å². The van der Waals surface area contributed by atoms with Crippen LogP contribution in [-0.2, 0) is 62.2 Å².